The molecule has 0 atom stereocenters. The van der Waals surface area contributed by atoms with Gasteiger partial charge in [-0.25, -0.2) is 15.0 Å². The van der Waals surface area contributed by atoms with Crippen LogP contribution in [0.3, 0.4) is 0 Å². The minimum Gasteiger partial charge on any atom is -0.457 e. The van der Waals surface area contributed by atoms with Crippen LogP contribution in [-0.2, 0) is 5.41 Å². The van der Waals surface area contributed by atoms with Crippen molar-refractivity contribution in [1.29, 1.82) is 0 Å². The van der Waals surface area contributed by atoms with Crippen LogP contribution in [-0.4, -0.2) is 15.0 Å². The van der Waals surface area contributed by atoms with Crippen LogP contribution < -0.4 is 4.74 Å². The van der Waals surface area contributed by atoms with Gasteiger partial charge in [0, 0.05) is 27.8 Å². The van der Waals surface area contributed by atoms with Gasteiger partial charge in [0.25, 0.3) is 0 Å². The van der Waals surface area contributed by atoms with Crippen molar-refractivity contribution in [2.45, 2.75) is 5.41 Å². The Bertz CT molecular complexity index is 2440. The van der Waals surface area contributed by atoms with Gasteiger partial charge in [-0.1, -0.05) is 146 Å². The van der Waals surface area contributed by atoms with Crippen molar-refractivity contribution in [2.75, 3.05) is 0 Å². The number of para-hydroxylation sites is 2. The van der Waals surface area contributed by atoms with Crippen molar-refractivity contribution in [1.82, 2.24) is 15.0 Å². The van der Waals surface area contributed by atoms with E-state index in [1.807, 2.05) is 36.4 Å². The summed E-state index contributed by atoms with van der Waals surface area (Å²) in [5.74, 6) is 3.66. The maximum absolute atomic E-state index is 6.59. The highest BCUT2D eigenvalue weighted by atomic mass is 16.5. The Morgan fingerprint density at radius 2 is 0.854 bits per heavy atom. The number of fused-ring (bicyclic) bond motifs is 11. The highest BCUT2D eigenvalue weighted by Gasteiger charge is 2.51. The molecule has 0 fully saturated rings. The maximum Gasteiger partial charge on any atom is 0.164 e. The van der Waals surface area contributed by atoms with E-state index in [0.717, 1.165) is 44.7 Å². The van der Waals surface area contributed by atoms with Gasteiger partial charge >= 0.3 is 0 Å². The molecule has 2 aliphatic rings. The number of nitrogens with zero attached hydrogens (tertiary/aromatic N) is 3. The second kappa shape index (κ2) is 10.3. The van der Waals surface area contributed by atoms with Gasteiger partial charge in [0.05, 0.1) is 5.41 Å². The predicted octanol–water partition coefficient (Wildman–Crippen LogP) is 10.5. The lowest BCUT2D eigenvalue weighted by Crippen LogP contribution is -2.32. The Labute approximate surface area is 278 Å². The van der Waals surface area contributed by atoms with Crippen molar-refractivity contribution in [3.8, 4) is 56.8 Å². The number of hydrogen-bond donors (Lipinski definition) is 0. The van der Waals surface area contributed by atoms with Gasteiger partial charge in [-0.05, 0) is 51.2 Å². The van der Waals surface area contributed by atoms with Crippen LogP contribution in [0.2, 0.25) is 0 Å². The van der Waals surface area contributed by atoms with Crippen molar-refractivity contribution in [2.24, 2.45) is 0 Å². The van der Waals surface area contributed by atoms with Crippen LogP contribution in [0.5, 0.6) is 11.5 Å². The van der Waals surface area contributed by atoms with Gasteiger partial charge in [0.2, 0.25) is 0 Å². The molecule has 4 heteroatoms. The van der Waals surface area contributed by atoms with Crippen LogP contribution in [0.4, 0.5) is 0 Å². The lowest BCUT2D eigenvalue weighted by Gasteiger charge is -2.39. The fourth-order valence-electron chi connectivity index (χ4n) is 7.82. The number of hydrogen-bond acceptors (Lipinski definition) is 4. The Balaban J connectivity index is 1.35. The third-order valence-corrected chi connectivity index (χ3v) is 9.79. The van der Waals surface area contributed by atoms with E-state index >= 15 is 0 Å². The monoisotopic (exact) mass is 613 g/mol. The van der Waals surface area contributed by atoms with Crippen LogP contribution in [0.25, 0.3) is 56.1 Å². The summed E-state index contributed by atoms with van der Waals surface area (Å²) in [6, 6.07) is 57.1. The lowest BCUT2D eigenvalue weighted by molar-refractivity contribution is 0.436. The average molecular weight is 614 g/mol. The Morgan fingerprint density at radius 1 is 0.375 bits per heavy atom. The molecule has 48 heavy (non-hydrogen) atoms. The first-order chi connectivity index (χ1) is 23.8. The standard InChI is InChI=1S/C44H27N3O/c1-3-15-28(16-4-1)41-45-42(29-17-5-2-6-18-29)47-43(46-41)33-27-37-40(31-20-8-7-19-30(31)33)32-21-9-10-22-34(32)44(37)35-23-11-13-25-38(35)48-39-26-14-12-24-36(39)44/h1-27H. The molecule has 1 aliphatic carbocycles. The average Bonchev–Trinajstić information content (AvgIpc) is 3.46. The highest BCUT2D eigenvalue weighted by Crippen LogP contribution is 2.63. The van der Waals surface area contributed by atoms with Gasteiger partial charge < -0.3 is 4.74 Å². The molecule has 10 rings (SSSR count). The second-order valence-electron chi connectivity index (χ2n) is 12.3. The summed E-state index contributed by atoms with van der Waals surface area (Å²) >= 11 is 0. The summed E-state index contributed by atoms with van der Waals surface area (Å²) in [5.41, 5.74) is 9.41. The fraction of sp³-hybridized carbons (Fsp3) is 0.0227. The van der Waals surface area contributed by atoms with E-state index in [2.05, 4.69) is 127 Å². The number of benzene rings is 7. The molecular weight excluding hydrogens is 587 g/mol. The molecule has 4 nitrogen and oxygen atoms in total. The molecule has 1 aromatic heterocycles. The molecule has 8 aromatic rings. The van der Waals surface area contributed by atoms with E-state index in [1.54, 1.807) is 0 Å². The molecule has 0 N–H and O–H groups in total. The van der Waals surface area contributed by atoms with Crippen molar-refractivity contribution >= 4 is 10.8 Å². The minimum atomic E-state index is -0.603. The summed E-state index contributed by atoms with van der Waals surface area (Å²) in [6.45, 7) is 0. The molecule has 0 radical (unpaired) electrons. The predicted molar refractivity (Wildman–Crippen MR) is 191 cm³/mol. The molecule has 0 amide bonds. The quantitative estimate of drug-likeness (QED) is 0.199. The first-order valence-corrected chi connectivity index (χ1v) is 16.2. The molecule has 1 aliphatic heterocycles. The molecule has 0 saturated heterocycles. The molecule has 0 saturated carbocycles. The fourth-order valence-corrected chi connectivity index (χ4v) is 7.82. The maximum atomic E-state index is 6.59. The normalized spacial score (nSPS) is 13.3. The van der Waals surface area contributed by atoms with E-state index in [1.165, 1.54) is 27.6 Å². The molecular formula is C44H27N3O. The van der Waals surface area contributed by atoms with Crippen LogP contribution in [0.1, 0.15) is 22.3 Å². The van der Waals surface area contributed by atoms with Gasteiger partial charge in [-0.3, -0.25) is 0 Å². The molecule has 224 valence electrons. The zero-order valence-corrected chi connectivity index (χ0v) is 25.8. The number of ether oxygens (including phenoxy) is 1. The first-order valence-electron chi connectivity index (χ1n) is 16.2. The van der Waals surface area contributed by atoms with Crippen LogP contribution in [0.15, 0.2) is 164 Å². The minimum absolute atomic E-state index is 0.603. The van der Waals surface area contributed by atoms with Gasteiger partial charge in [-0.15, -0.1) is 0 Å². The topological polar surface area (TPSA) is 47.9 Å². The van der Waals surface area contributed by atoms with E-state index in [4.69, 9.17) is 19.7 Å². The zero-order chi connectivity index (χ0) is 31.7. The van der Waals surface area contributed by atoms with Crippen LogP contribution in [0, 0.1) is 0 Å². The third kappa shape index (κ3) is 3.74. The number of aromatic nitrogens is 3. The van der Waals surface area contributed by atoms with E-state index in [-0.39, 0.29) is 0 Å². The lowest BCUT2D eigenvalue weighted by atomic mass is 9.66. The molecule has 0 bridgehead atoms. The van der Waals surface area contributed by atoms with E-state index in [9.17, 15) is 0 Å². The van der Waals surface area contributed by atoms with E-state index in [0.29, 0.717) is 17.5 Å². The van der Waals surface area contributed by atoms with Gasteiger partial charge in [-0.2, -0.15) is 0 Å². The molecule has 1 spiro atoms. The van der Waals surface area contributed by atoms with Crippen molar-refractivity contribution in [3.05, 3.63) is 186 Å². The highest BCUT2D eigenvalue weighted by molar-refractivity contribution is 6.09. The van der Waals surface area contributed by atoms with Gasteiger partial charge in [0.15, 0.2) is 17.5 Å². The zero-order valence-electron chi connectivity index (χ0n) is 25.8. The summed E-state index contributed by atoms with van der Waals surface area (Å²) in [7, 11) is 0. The molecule has 0 unspecified atom stereocenters. The molecule has 2 heterocycles. The Kier molecular flexibility index (Phi) is 5.75. The third-order valence-electron chi connectivity index (χ3n) is 9.79. The second-order valence-corrected chi connectivity index (χ2v) is 12.3. The van der Waals surface area contributed by atoms with Crippen LogP contribution >= 0.6 is 0 Å². The van der Waals surface area contributed by atoms with Crippen molar-refractivity contribution in [3.63, 3.8) is 0 Å². The number of rotatable bonds is 3. The summed E-state index contributed by atoms with van der Waals surface area (Å²) in [6.07, 6.45) is 0. The molecule has 7 aromatic carbocycles. The first kappa shape index (κ1) is 26.8. The summed E-state index contributed by atoms with van der Waals surface area (Å²) in [5, 5.41) is 2.26. The Morgan fingerprint density at radius 3 is 1.48 bits per heavy atom. The summed E-state index contributed by atoms with van der Waals surface area (Å²) in [4.78, 5) is 15.4. The SMILES string of the molecule is c1ccc(-c2nc(-c3ccccc3)nc(-c3cc4c(c5ccccc35)-c3ccccc3C43c4ccccc4Oc4ccccc43)n2)cc1. The summed E-state index contributed by atoms with van der Waals surface area (Å²) < 4.78 is 6.59. The largest absolute Gasteiger partial charge is 0.457 e. The van der Waals surface area contributed by atoms with Crippen molar-refractivity contribution < 1.29 is 4.74 Å². The van der Waals surface area contributed by atoms with E-state index < -0.39 is 5.41 Å². The van der Waals surface area contributed by atoms with Gasteiger partial charge in [0.1, 0.15) is 11.5 Å². The smallest absolute Gasteiger partial charge is 0.164 e. The Hall–Kier alpha value is -6.39.